The van der Waals surface area contributed by atoms with E-state index < -0.39 is 0 Å². The molecular weight excluding hydrogens is 540 g/mol. The Hall–Kier alpha value is -3.07. The fourth-order valence-electron chi connectivity index (χ4n) is 5.31. The van der Waals surface area contributed by atoms with Gasteiger partial charge in [-0.15, -0.1) is 0 Å². The van der Waals surface area contributed by atoms with Gasteiger partial charge in [-0.05, 0) is 68.7 Å². The maximum Gasteiger partial charge on any atom is 0.223 e. The van der Waals surface area contributed by atoms with Gasteiger partial charge in [-0.25, -0.2) is 9.97 Å². The Kier molecular flexibility index (Phi) is 12.1. The van der Waals surface area contributed by atoms with Crippen LogP contribution in [-0.2, 0) is 0 Å². The Morgan fingerprint density at radius 3 is 2.50 bits per heavy atom. The van der Waals surface area contributed by atoms with Crippen molar-refractivity contribution in [1.82, 2.24) is 15.3 Å². The first kappa shape index (κ1) is 31.9. The smallest absolute Gasteiger partial charge is 0.223 e. The van der Waals surface area contributed by atoms with Gasteiger partial charge in [0.05, 0.1) is 10.6 Å². The lowest BCUT2D eigenvalue weighted by molar-refractivity contribution is 0.360. The molecule has 42 heavy (non-hydrogen) atoms. The van der Waals surface area contributed by atoms with Crippen LogP contribution in [0.2, 0.25) is 0 Å². The molecule has 226 valence electrons. The molecule has 2 fully saturated rings. The largest absolute Gasteiger partial charge is 0.460 e. The van der Waals surface area contributed by atoms with Crippen LogP contribution in [0.15, 0.2) is 65.9 Å². The van der Waals surface area contributed by atoms with E-state index in [1.165, 1.54) is 32.1 Å². The van der Waals surface area contributed by atoms with Crippen LogP contribution in [0.1, 0.15) is 77.8 Å². The molecule has 2 atom stereocenters. The second-order valence-corrected chi connectivity index (χ2v) is 12.8. The molecule has 3 aromatic rings. The summed E-state index contributed by atoms with van der Waals surface area (Å²) in [6.07, 6.45) is 11.7. The fraction of sp³-hybridized carbons (Fsp3) is 0.471. The third-order valence-corrected chi connectivity index (χ3v) is 8.83. The number of nitrogens with zero attached hydrogens (tertiary/aromatic N) is 2. The summed E-state index contributed by atoms with van der Waals surface area (Å²) in [7, 11) is 0. The number of nitrogen functional groups attached to an aromatic ring is 1. The number of thioether (sulfide) groups is 1. The van der Waals surface area contributed by atoms with Gasteiger partial charge in [0.15, 0.2) is 0 Å². The zero-order valence-electron chi connectivity index (χ0n) is 25.5. The number of fused-ring (bicyclic) bond motifs is 1. The summed E-state index contributed by atoms with van der Waals surface area (Å²) < 4.78 is 6.71. The van der Waals surface area contributed by atoms with E-state index in [1.807, 2.05) is 55.6 Å². The number of aromatic nitrogens is 2. The molecule has 1 saturated heterocycles. The Bertz CT molecular complexity index is 1350. The minimum atomic E-state index is 0.169. The van der Waals surface area contributed by atoms with Crippen molar-refractivity contribution in [3.63, 3.8) is 0 Å². The van der Waals surface area contributed by atoms with Crippen LogP contribution in [0.5, 0.6) is 5.75 Å². The maximum atomic E-state index is 6.71. The summed E-state index contributed by atoms with van der Waals surface area (Å²) in [5, 5.41) is 8.90. The molecule has 1 saturated carbocycles. The summed E-state index contributed by atoms with van der Waals surface area (Å²) in [5.74, 6) is 2.46. The molecule has 2 heterocycles. The van der Waals surface area contributed by atoms with E-state index in [0.717, 1.165) is 75.8 Å². The lowest BCUT2D eigenvalue weighted by atomic mass is 9.97. The highest BCUT2D eigenvalue weighted by Crippen LogP contribution is 2.40. The van der Waals surface area contributed by atoms with Crippen molar-refractivity contribution in [2.24, 2.45) is 11.7 Å². The summed E-state index contributed by atoms with van der Waals surface area (Å²) in [6, 6.07) is 14.7. The first-order valence-corrected chi connectivity index (χ1v) is 16.3. The van der Waals surface area contributed by atoms with Gasteiger partial charge in [-0.1, -0.05) is 75.7 Å². The Balaban J connectivity index is 0.000000507. The zero-order chi connectivity index (χ0) is 29.9. The molecule has 1 aliphatic carbocycles. The van der Waals surface area contributed by atoms with Crippen molar-refractivity contribution in [2.45, 2.75) is 84.2 Å². The number of piperidine rings is 1. The quantitative estimate of drug-likeness (QED) is 0.149. The molecule has 6 N–H and O–H groups in total. The van der Waals surface area contributed by atoms with Gasteiger partial charge in [0.2, 0.25) is 5.95 Å². The molecule has 0 bridgehead atoms. The van der Waals surface area contributed by atoms with Crippen LogP contribution in [0.3, 0.4) is 0 Å². The highest BCUT2D eigenvalue weighted by molar-refractivity contribution is 8.11. The molecule has 5 rings (SSSR count). The Morgan fingerprint density at radius 2 is 1.86 bits per heavy atom. The van der Waals surface area contributed by atoms with Crippen molar-refractivity contribution < 1.29 is 4.74 Å². The van der Waals surface area contributed by atoms with Crippen molar-refractivity contribution in [3.8, 4) is 5.75 Å². The number of anilines is 2. The molecule has 7 nitrogen and oxygen atoms in total. The molecule has 0 amide bonds. The van der Waals surface area contributed by atoms with Gasteiger partial charge in [-0.3, -0.25) is 0 Å². The van der Waals surface area contributed by atoms with Crippen LogP contribution < -0.4 is 26.8 Å². The highest BCUT2D eigenvalue weighted by Gasteiger charge is 2.22. The van der Waals surface area contributed by atoms with Crippen LogP contribution in [-0.4, -0.2) is 35.1 Å². The number of benzene rings is 2. The average molecular weight is 589 g/mol. The maximum absolute atomic E-state index is 6.71. The summed E-state index contributed by atoms with van der Waals surface area (Å²) in [6.45, 7) is 12.5. The number of nitrogens with two attached hydrogens (primary N) is 2. The summed E-state index contributed by atoms with van der Waals surface area (Å²) in [5.41, 5.74) is 13.4. The summed E-state index contributed by atoms with van der Waals surface area (Å²) >= 11 is 1.59. The van der Waals surface area contributed by atoms with Gasteiger partial charge in [0.25, 0.3) is 0 Å². The molecule has 0 spiro atoms. The van der Waals surface area contributed by atoms with Crippen molar-refractivity contribution >= 4 is 39.1 Å². The summed E-state index contributed by atoms with van der Waals surface area (Å²) in [4.78, 5) is 11.3. The van der Waals surface area contributed by atoms with Crippen molar-refractivity contribution in [1.29, 1.82) is 0 Å². The van der Waals surface area contributed by atoms with Crippen molar-refractivity contribution in [3.05, 3.63) is 71.6 Å². The van der Waals surface area contributed by atoms with E-state index in [0.29, 0.717) is 18.0 Å². The Morgan fingerprint density at radius 1 is 1.10 bits per heavy atom. The van der Waals surface area contributed by atoms with Crippen LogP contribution in [0.4, 0.5) is 11.6 Å². The predicted molar refractivity (Wildman–Crippen MR) is 180 cm³/mol. The van der Waals surface area contributed by atoms with E-state index in [-0.39, 0.29) is 5.92 Å². The molecule has 8 heteroatoms. The number of ether oxygens (including phenoxy) is 1. The van der Waals surface area contributed by atoms with E-state index in [9.17, 15) is 0 Å². The number of rotatable bonds is 9. The van der Waals surface area contributed by atoms with Crippen molar-refractivity contribution in [2.75, 3.05) is 24.1 Å². The number of nitrogens with one attached hydrogen (secondary N) is 2. The number of hydrogen-bond donors (Lipinski definition) is 4. The minimum Gasteiger partial charge on any atom is -0.460 e. The monoisotopic (exact) mass is 588 g/mol. The van der Waals surface area contributed by atoms with Crippen LogP contribution in [0.25, 0.3) is 15.7 Å². The lowest BCUT2D eigenvalue weighted by Crippen LogP contribution is -2.38. The van der Waals surface area contributed by atoms with Crippen LogP contribution in [0, 0.1) is 5.92 Å². The van der Waals surface area contributed by atoms with E-state index in [4.69, 9.17) is 21.2 Å². The lowest BCUT2D eigenvalue weighted by Gasteiger charge is -2.24. The standard InChI is InChI=1S/C28H35N5OS.C6H13N/c1-5-19(4)26(34-25-13-12-23(29)21-10-6-7-11-22(21)25)27(35-18(2)3)24-14-16-31-28(33-24)32-20-9-8-15-30-17-20;7-6-4-2-1-3-5-6/h6-7,10-14,16,19-20,30H,2,5,8-9,15,17,29H2,1,3-4H3,(H,31,32,33);6H,1-5,7H2/b27-26+;. The first-order chi connectivity index (χ1) is 20.4. The average Bonchev–Trinajstić information content (AvgIpc) is 3.01. The highest BCUT2D eigenvalue weighted by atomic mass is 32.2. The van der Waals surface area contributed by atoms with E-state index >= 15 is 0 Å². The molecule has 2 unspecified atom stereocenters. The van der Waals surface area contributed by atoms with E-state index in [2.05, 4.69) is 36.0 Å². The molecule has 1 aliphatic heterocycles. The van der Waals surface area contributed by atoms with Gasteiger partial charge in [-0.2, -0.15) is 0 Å². The predicted octanol–water partition coefficient (Wildman–Crippen LogP) is 7.71. The first-order valence-electron chi connectivity index (χ1n) is 15.4. The molecule has 2 aliphatic rings. The second-order valence-electron chi connectivity index (χ2n) is 11.5. The SMILES string of the molecule is C=C(C)S/C(=C(/Oc1ccc(N)c2ccccc12)C(C)CC)c1ccnc(NC2CCCNC2)n1.NC1CCCCC1. The number of hydrogen-bond acceptors (Lipinski definition) is 8. The normalized spacial score (nSPS) is 18.8. The topological polar surface area (TPSA) is 111 Å². The third-order valence-electron chi connectivity index (χ3n) is 7.87. The molecule has 2 aromatic carbocycles. The van der Waals surface area contributed by atoms with Gasteiger partial charge in [0, 0.05) is 47.2 Å². The van der Waals surface area contributed by atoms with Gasteiger partial charge < -0.3 is 26.8 Å². The molecule has 0 radical (unpaired) electrons. The van der Waals surface area contributed by atoms with E-state index in [1.54, 1.807) is 11.8 Å². The fourth-order valence-corrected chi connectivity index (χ4v) is 6.22. The molecule has 1 aromatic heterocycles. The van der Waals surface area contributed by atoms with Gasteiger partial charge in [0.1, 0.15) is 11.5 Å². The third kappa shape index (κ3) is 8.96. The van der Waals surface area contributed by atoms with Gasteiger partial charge >= 0.3 is 0 Å². The minimum absolute atomic E-state index is 0.169. The number of allylic oxidation sites excluding steroid dienone is 2. The van der Waals surface area contributed by atoms with Crippen LogP contribution >= 0.6 is 11.8 Å². The second kappa shape index (κ2) is 16.0. The Labute approximate surface area is 256 Å². The molecular formula is C34H48N6OS. The zero-order valence-corrected chi connectivity index (χ0v) is 26.3.